The average Bonchev–Trinajstić information content (AvgIpc) is 2.86. The molecule has 0 bridgehead atoms. The Bertz CT molecular complexity index is 1510. The number of aryl methyl sites for hydroxylation is 4. The van der Waals surface area contributed by atoms with Crippen molar-refractivity contribution in [2.24, 2.45) is 4.74 Å². The fourth-order valence-corrected chi connectivity index (χ4v) is 8.49. The third-order valence-electron chi connectivity index (χ3n) is 6.08. The van der Waals surface area contributed by atoms with Crippen LogP contribution in [0.5, 0.6) is 11.5 Å². The minimum Gasteiger partial charge on any atom is -0.507 e. The van der Waals surface area contributed by atoms with Gasteiger partial charge in [-0.25, -0.2) is 22.0 Å². The van der Waals surface area contributed by atoms with Crippen LogP contribution in [-0.2, 0) is 0 Å². The molecule has 2 N–H and O–H groups in total. The lowest BCUT2D eigenvalue weighted by Gasteiger charge is -2.30. The third kappa shape index (κ3) is 4.29. The Morgan fingerprint density at radius 3 is 1.43 bits per heavy atom. The lowest BCUT2D eigenvalue weighted by atomic mass is 10.1. The van der Waals surface area contributed by atoms with Crippen LogP contribution in [0.2, 0.25) is 0 Å². The van der Waals surface area contributed by atoms with Crippen LogP contribution in [0.25, 0.3) is 0 Å². The van der Waals surface area contributed by atoms with Crippen molar-refractivity contribution in [3.63, 3.8) is 0 Å². The van der Waals surface area contributed by atoms with E-state index < -0.39 is 52.9 Å². The summed E-state index contributed by atoms with van der Waals surface area (Å²) in [4.78, 5) is 0. The molecule has 0 fully saturated rings. The minimum atomic E-state index is -4.38. The van der Waals surface area contributed by atoms with Gasteiger partial charge in [-0.3, -0.25) is 4.74 Å². The lowest BCUT2D eigenvalue weighted by Crippen LogP contribution is -2.33. The summed E-state index contributed by atoms with van der Waals surface area (Å²) in [6.45, 7) is 6.41. The first-order valence-electron chi connectivity index (χ1n) is 11.2. The second-order valence-electron chi connectivity index (χ2n) is 8.89. The van der Waals surface area contributed by atoms with Gasteiger partial charge in [0.2, 0.25) is 5.82 Å². The quantitative estimate of drug-likeness (QED) is 0.131. The molecule has 0 aromatic heterocycles. The highest BCUT2D eigenvalue weighted by atomic mass is 31.2. The molecule has 0 unspecified atom stereocenters. The first-order valence-corrected chi connectivity index (χ1v) is 12.9. The molecule has 0 heterocycles. The van der Waals surface area contributed by atoms with Crippen molar-refractivity contribution in [1.29, 1.82) is 0 Å². The third-order valence-corrected chi connectivity index (χ3v) is 9.73. The molecule has 0 saturated carbocycles. The van der Waals surface area contributed by atoms with Crippen molar-refractivity contribution in [3.8, 4) is 11.5 Å². The molecule has 3 nitrogen and oxygen atoms in total. The van der Waals surface area contributed by atoms with Crippen LogP contribution in [0, 0.1) is 56.8 Å². The van der Waals surface area contributed by atoms with Gasteiger partial charge in [0, 0.05) is 10.6 Å². The zero-order chi connectivity index (χ0) is 27.2. The second kappa shape index (κ2) is 9.67. The van der Waals surface area contributed by atoms with Gasteiger partial charge in [-0.05, 0) is 74.2 Å². The summed E-state index contributed by atoms with van der Waals surface area (Å²) in [6.07, 6.45) is 0. The number of hydrogen-bond donors (Lipinski definition) is 2. The zero-order valence-electron chi connectivity index (χ0n) is 20.4. The molecule has 0 aliphatic heterocycles. The summed E-state index contributed by atoms with van der Waals surface area (Å²) in [5.74, 6) is -11.6. The topological polar surface area (TPSA) is 52.8 Å². The van der Waals surface area contributed by atoms with Crippen LogP contribution in [0.4, 0.5) is 27.6 Å². The average molecular weight is 531 g/mol. The Labute approximate surface area is 210 Å². The molecule has 0 spiro atoms. The van der Waals surface area contributed by atoms with E-state index in [0.717, 1.165) is 0 Å². The highest BCUT2D eigenvalue weighted by Gasteiger charge is 2.42. The molecule has 0 aliphatic carbocycles. The summed E-state index contributed by atoms with van der Waals surface area (Å²) in [5, 5.41) is 21.0. The van der Waals surface area contributed by atoms with Crippen LogP contribution in [-0.4, -0.2) is 10.2 Å². The van der Waals surface area contributed by atoms with E-state index in [9.17, 15) is 23.4 Å². The number of phenols is 2. The predicted octanol–water partition coefficient (Wildman–Crippen LogP) is 6.84. The number of halogens is 5. The number of aromatic hydroxyl groups is 2. The van der Waals surface area contributed by atoms with Crippen molar-refractivity contribution in [2.75, 3.05) is 0 Å². The van der Waals surface area contributed by atoms with Gasteiger partial charge in [-0.1, -0.05) is 30.3 Å². The fraction of sp³-hybridized carbons (Fsp3) is 0.143. The summed E-state index contributed by atoms with van der Waals surface area (Å²) in [5.41, 5.74) is 1.85. The SMILES string of the molecule is Cc1cc(C)c(O)c(P(=Nc2ccccc2)(c2cc(C)cc(C)c2O)c2c(F)c(F)c(F)c(F)c2F)c1. The van der Waals surface area contributed by atoms with Gasteiger partial charge < -0.3 is 10.2 Å². The predicted molar refractivity (Wildman–Crippen MR) is 136 cm³/mol. The molecule has 4 aromatic carbocycles. The van der Waals surface area contributed by atoms with E-state index >= 15 is 8.78 Å². The molecular formula is C28H23F5NO2P. The van der Waals surface area contributed by atoms with Gasteiger partial charge in [0.15, 0.2) is 23.3 Å². The molecule has 9 heteroatoms. The maximum atomic E-state index is 15.7. The number of hydrogen-bond acceptors (Lipinski definition) is 3. The van der Waals surface area contributed by atoms with E-state index in [-0.39, 0.29) is 16.3 Å². The number of phenolic OH excluding ortho intramolecular Hbond substituents is 2. The van der Waals surface area contributed by atoms with Crippen molar-refractivity contribution < 1.29 is 32.2 Å². The standard InChI is InChI=1S/C28H23F5NO2P/c1-14-10-16(3)26(35)19(12-14)37(34-18-8-6-5-7-9-18,20-13-15(2)11-17(4)27(20)36)28-24(32)22(30)21(29)23(31)25(28)33/h5-13,35-36H,1-4H3. The Hall–Kier alpha value is -3.64. The van der Waals surface area contributed by atoms with E-state index in [4.69, 9.17) is 0 Å². The number of nitrogens with zero attached hydrogens (tertiary/aromatic N) is 1. The molecule has 0 radical (unpaired) electrons. The van der Waals surface area contributed by atoms with Gasteiger partial charge in [0.25, 0.3) is 0 Å². The Balaban J connectivity index is 2.44. The first-order chi connectivity index (χ1) is 17.4. The highest BCUT2D eigenvalue weighted by Crippen LogP contribution is 2.55. The van der Waals surface area contributed by atoms with Crippen molar-refractivity contribution in [2.45, 2.75) is 27.7 Å². The van der Waals surface area contributed by atoms with E-state index in [1.54, 1.807) is 58.0 Å². The van der Waals surface area contributed by atoms with Crippen molar-refractivity contribution in [1.82, 2.24) is 0 Å². The summed E-state index contributed by atoms with van der Waals surface area (Å²) < 4.78 is 79.7. The molecule has 0 aliphatic rings. The monoisotopic (exact) mass is 531 g/mol. The van der Waals surface area contributed by atoms with Crippen LogP contribution >= 0.6 is 7.05 Å². The van der Waals surface area contributed by atoms with E-state index in [2.05, 4.69) is 4.74 Å². The molecule has 4 aromatic rings. The number of benzene rings is 4. The molecule has 37 heavy (non-hydrogen) atoms. The maximum Gasteiger partial charge on any atom is 0.200 e. The van der Waals surface area contributed by atoms with Crippen LogP contribution in [0.3, 0.4) is 0 Å². The smallest absolute Gasteiger partial charge is 0.200 e. The molecule has 0 amide bonds. The van der Waals surface area contributed by atoms with Crippen molar-refractivity contribution in [3.05, 3.63) is 106 Å². The Morgan fingerprint density at radius 2 is 1.00 bits per heavy atom. The van der Waals surface area contributed by atoms with Gasteiger partial charge in [-0.15, -0.1) is 0 Å². The summed E-state index contributed by atoms with van der Waals surface area (Å²) in [6, 6.07) is 13.9. The highest BCUT2D eigenvalue weighted by molar-refractivity contribution is 7.87. The van der Waals surface area contributed by atoms with Crippen LogP contribution in [0.1, 0.15) is 22.3 Å². The van der Waals surface area contributed by atoms with Gasteiger partial charge >= 0.3 is 0 Å². The van der Waals surface area contributed by atoms with Crippen LogP contribution in [0.15, 0.2) is 59.3 Å². The molecular weight excluding hydrogens is 508 g/mol. The molecule has 0 atom stereocenters. The van der Waals surface area contributed by atoms with E-state index in [0.29, 0.717) is 22.3 Å². The Morgan fingerprint density at radius 1 is 0.595 bits per heavy atom. The zero-order valence-corrected chi connectivity index (χ0v) is 21.3. The second-order valence-corrected chi connectivity index (χ2v) is 11.8. The van der Waals surface area contributed by atoms with E-state index in [1.165, 1.54) is 24.3 Å². The first kappa shape index (κ1) is 26.4. The largest absolute Gasteiger partial charge is 0.507 e. The van der Waals surface area contributed by atoms with Crippen molar-refractivity contribution >= 4 is 28.7 Å². The van der Waals surface area contributed by atoms with Gasteiger partial charge in [0.1, 0.15) is 11.5 Å². The van der Waals surface area contributed by atoms with Gasteiger partial charge in [0.05, 0.1) is 18.0 Å². The summed E-state index contributed by atoms with van der Waals surface area (Å²) >= 11 is 0. The normalized spacial score (nSPS) is 11.6. The van der Waals surface area contributed by atoms with E-state index in [1.807, 2.05) is 0 Å². The lowest BCUT2D eigenvalue weighted by molar-refractivity contribution is 0.384. The summed E-state index contributed by atoms with van der Waals surface area (Å²) in [7, 11) is -4.38. The molecule has 192 valence electrons. The molecule has 4 rings (SSSR count). The maximum absolute atomic E-state index is 15.7. The molecule has 0 saturated heterocycles. The van der Waals surface area contributed by atoms with Crippen LogP contribution < -0.4 is 15.9 Å². The Kier molecular flexibility index (Phi) is 6.91. The van der Waals surface area contributed by atoms with Gasteiger partial charge in [-0.2, -0.15) is 0 Å². The fourth-order valence-electron chi connectivity index (χ4n) is 4.44. The minimum absolute atomic E-state index is 0.150. The number of rotatable bonds is 4.